The SMILES string of the molecule is COc1c(O)c(Cl)cc(C=C2N=CC=N2)c1-c1cccc(OCCOCCOCCF)c1. The summed E-state index contributed by atoms with van der Waals surface area (Å²) in [4.78, 5) is 8.35. The fourth-order valence-corrected chi connectivity index (χ4v) is 3.25. The first-order chi connectivity index (χ1) is 15.6. The van der Waals surface area contributed by atoms with E-state index in [1.807, 2.05) is 24.3 Å². The zero-order chi connectivity index (χ0) is 22.8. The maximum atomic E-state index is 12.0. The van der Waals surface area contributed by atoms with Crippen molar-refractivity contribution >= 4 is 30.1 Å². The summed E-state index contributed by atoms with van der Waals surface area (Å²) in [5.41, 5.74) is 2.07. The molecule has 0 unspecified atom stereocenters. The molecule has 0 saturated carbocycles. The lowest BCUT2D eigenvalue weighted by Gasteiger charge is -2.16. The number of hydrogen-bond donors (Lipinski definition) is 1. The maximum absolute atomic E-state index is 12.0. The van der Waals surface area contributed by atoms with Gasteiger partial charge in [0.15, 0.2) is 17.3 Å². The van der Waals surface area contributed by atoms with Gasteiger partial charge in [0.2, 0.25) is 0 Å². The summed E-state index contributed by atoms with van der Waals surface area (Å²) in [6.45, 7) is 0.972. The lowest BCUT2D eigenvalue weighted by Crippen LogP contribution is -2.11. The minimum absolute atomic E-state index is 0.0771. The molecule has 1 aliphatic heterocycles. The number of phenols is 1. The second-order valence-electron chi connectivity index (χ2n) is 6.55. The van der Waals surface area contributed by atoms with Crippen molar-refractivity contribution < 1.29 is 28.4 Å². The van der Waals surface area contributed by atoms with Gasteiger partial charge in [-0.2, -0.15) is 0 Å². The van der Waals surface area contributed by atoms with Crippen molar-refractivity contribution in [2.75, 3.05) is 46.8 Å². The van der Waals surface area contributed by atoms with Crippen LogP contribution in [0.5, 0.6) is 17.2 Å². The molecule has 0 spiro atoms. The number of hydrogen-bond acceptors (Lipinski definition) is 7. The molecule has 2 aromatic rings. The molecular weight excluding hydrogens is 439 g/mol. The summed E-state index contributed by atoms with van der Waals surface area (Å²) in [6, 6.07) is 9.00. The summed E-state index contributed by atoms with van der Waals surface area (Å²) < 4.78 is 33.6. The van der Waals surface area contributed by atoms with Crippen molar-refractivity contribution in [2.24, 2.45) is 9.98 Å². The number of halogens is 2. The van der Waals surface area contributed by atoms with Gasteiger partial charge < -0.3 is 24.1 Å². The van der Waals surface area contributed by atoms with E-state index < -0.39 is 6.67 Å². The Kier molecular flexibility index (Phi) is 9.03. The molecule has 0 aliphatic carbocycles. The van der Waals surface area contributed by atoms with E-state index in [0.717, 1.165) is 5.56 Å². The van der Waals surface area contributed by atoms with E-state index in [9.17, 15) is 9.50 Å². The van der Waals surface area contributed by atoms with Gasteiger partial charge in [-0.1, -0.05) is 23.7 Å². The van der Waals surface area contributed by atoms with Gasteiger partial charge in [-0.25, -0.2) is 14.4 Å². The van der Waals surface area contributed by atoms with Crippen LogP contribution < -0.4 is 9.47 Å². The molecule has 170 valence electrons. The number of nitrogens with zero attached hydrogens (tertiary/aromatic N) is 2. The lowest BCUT2D eigenvalue weighted by molar-refractivity contribution is 0.0325. The topological polar surface area (TPSA) is 81.9 Å². The molecule has 1 N–H and O–H groups in total. The number of alkyl halides is 1. The van der Waals surface area contributed by atoms with E-state index in [-0.39, 0.29) is 23.1 Å². The van der Waals surface area contributed by atoms with E-state index in [1.54, 1.807) is 24.6 Å². The van der Waals surface area contributed by atoms with Crippen molar-refractivity contribution in [1.29, 1.82) is 0 Å². The zero-order valence-corrected chi connectivity index (χ0v) is 18.3. The average molecular weight is 463 g/mol. The third-order valence-corrected chi connectivity index (χ3v) is 4.71. The Labute approximate surface area is 190 Å². The van der Waals surface area contributed by atoms with E-state index >= 15 is 0 Å². The summed E-state index contributed by atoms with van der Waals surface area (Å²) in [5.74, 6) is 1.21. The number of methoxy groups -OCH3 is 1. The molecule has 3 rings (SSSR count). The molecule has 7 nitrogen and oxygen atoms in total. The summed E-state index contributed by atoms with van der Waals surface area (Å²) in [5, 5.41) is 10.6. The first-order valence-electron chi connectivity index (χ1n) is 9.96. The van der Waals surface area contributed by atoms with Crippen LogP contribution in [0.3, 0.4) is 0 Å². The van der Waals surface area contributed by atoms with Crippen LogP contribution in [0.1, 0.15) is 5.56 Å². The Balaban J connectivity index is 1.77. The second-order valence-corrected chi connectivity index (χ2v) is 6.96. The number of rotatable bonds is 12. The molecule has 0 amide bonds. The van der Waals surface area contributed by atoms with Gasteiger partial charge in [0.25, 0.3) is 0 Å². The van der Waals surface area contributed by atoms with Gasteiger partial charge in [-0.3, -0.25) is 0 Å². The fourth-order valence-electron chi connectivity index (χ4n) is 3.05. The van der Waals surface area contributed by atoms with Crippen LogP contribution in [0.4, 0.5) is 4.39 Å². The Morgan fingerprint density at radius 1 is 1.03 bits per heavy atom. The highest BCUT2D eigenvalue weighted by Gasteiger charge is 2.19. The number of aliphatic imine (C=N–C) groups is 2. The van der Waals surface area contributed by atoms with Crippen LogP contribution in [0.25, 0.3) is 17.2 Å². The van der Waals surface area contributed by atoms with Gasteiger partial charge in [0, 0.05) is 18.0 Å². The normalized spacial score (nSPS) is 12.4. The quantitative estimate of drug-likeness (QED) is 0.468. The number of benzene rings is 2. The minimum atomic E-state index is -0.505. The van der Waals surface area contributed by atoms with Crippen molar-refractivity contribution in [1.82, 2.24) is 0 Å². The largest absolute Gasteiger partial charge is 0.503 e. The predicted octanol–water partition coefficient (Wildman–Crippen LogP) is 4.56. The molecule has 1 heterocycles. The fraction of sp³-hybridized carbons (Fsp3) is 0.304. The highest BCUT2D eigenvalue weighted by molar-refractivity contribution is 6.32. The molecule has 0 saturated heterocycles. The second kappa shape index (κ2) is 12.2. The number of phenolic OH excluding ortho intramolecular Hbond substituents is 1. The van der Waals surface area contributed by atoms with Gasteiger partial charge in [0.05, 0.1) is 38.6 Å². The van der Waals surface area contributed by atoms with Crippen LogP contribution in [0.2, 0.25) is 5.02 Å². The van der Waals surface area contributed by atoms with Crippen molar-refractivity contribution in [3.63, 3.8) is 0 Å². The highest BCUT2D eigenvalue weighted by atomic mass is 35.5. The first-order valence-corrected chi connectivity index (χ1v) is 10.3. The Morgan fingerprint density at radius 3 is 2.47 bits per heavy atom. The lowest BCUT2D eigenvalue weighted by atomic mass is 9.97. The number of aromatic hydroxyl groups is 1. The third kappa shape index (κ3) is 6.29. The molecule has 9 heteroatoms. The third-order valence-electron chi connectivity index (χ3n) is 4.42. The molecule has 32 heavy (non-hydrogen) atoms. The van der Waals surface area contributed by atoms with E-state index in [1.165, 1.54) is 7.11 Å². The Hall–Kier alpha value is -2.94. The predicted molar refractivity (Wildman–Crippen MR) is 123 cm³/mol. The Bertz CT molecular complexity index is 996. The van der Waals surface area contributed by atoms with E-state index in [4.69, 9.17) is 30.5 Å². The van der Waals surface area contributed by atoms with Crippen molar-refractivity contribution in [2.45, 2.75) is 0 Å². The van der Waals surface area contributed by atoms with Gasteiger partial charge >= 0.3 is 0 Å². The molecule has 0 aromatic heterocycles. The van der Waals surface area contributed by atoms with Crippen LogP contribution in [-0.4, -0.2) is 64.4 Å². The molecule has 0 fully saturated rings. The van der Waals surface area contributed by atoms with Crippen LogP contribution in [0.15, 0.2) is 46.1 Å². The monoisotopic (exact) mass is 462 g/mol. The molecule has 0 bridgehead atoms. The number of ether oxygens (including phenoxy) is 4. The van der Waals surface area contributed by atoms with Crippen LogP contribution in [0, 0.1) is 0 Å². The van der Waals surface area contributed by atoms with Crippen LogP contribution in [-0.2, 0) is 9.47 Å². The molecule has 0 radical (unpaired) electrons. The Morgan fingerprint density at radius 2 is 1.75 bits per heavy atom. The van der Waals surface area contributed by atoms with Gasteiger partial charge in [-0.05, 0) is 35.4 Å². The smallest absolute Gasteiger partial charge is 0.177 e. The van der Waals surface area contributed by atoms with E-state index in [2.05, 4.69) is 9.98 Å². The summed E-state index contributed by atoms with van der Waals surface area (Å²) in [6.07, 6.45) is 4.94. The molecule has 2 aromatic carbocycles. The molecular formula is C23H24ClFN2O5. The highest BCUT2D eigenvalue weighted by Crippen LogP contribution is 2.46. The van der Waals surface area contributed by atoms with Crippen molar-refractivity contribution in [3.05, 3.63) is 46.7 Å². The van der Waals surface area contributed by atoms with Crippen molar-refractivity contribution in [3.8, 4) is 28.4 Å². The minimum Gasteiger partial charge on any atom is -0.503 e. The molecule has 1 aliphatic rings. The maximum Gasteiger partial charge on any atom is 0.177 e. The molecule has 0 atom stereocenters. The zero-order valence-electron chi connectivity index (χ0n) is 17.6. The first kappa shape index (κ1) is 23.7. The van der Waals surface area contributed by atoms with E-state index in [0.29, 0.717) is 49.1 Å². The average Bonchev–Trinajstić information content (AvgIpc) is 3.31. The van der Waals surface area contributed by atoms with Crippen LogP contribution >= 0.6 is 11.6 Å². The van der Waals surface area contributed by atoms with Gasteiger partial charge in [-0.15, -0.1) is 0 Å². The summed E-state index contributed by atoms with van der Waals surface area (Å²) in [7, 11) is 1.46. The summed E-state index contributed by atoms with van der Waals surface area (Å²) >= 11 is 6.21. The standard InChI is InChI=1S/C23H24ClFN2O5/c1-29-23-21(17(14-19(24)22(23)28)15-20-26-6-7-27-20)16-3-2-4-18(13-16)32-12-11-31-10-9-30-8-5-25/h2-4,6-7,13-15,28H,5,8-12H2,1H3. The van der Waals surface area contributed by atoms with Gasteiger partial charge in [0.1, 0.15) is 19.0 Å².